The van der Waals surface area contributed by atoms with Gasteiger partial charge in [0.2, 0.25) is 11.8 Å². The molecule has 1 atom stereocenters. The highest BCUT2D eigenvalue weighted by Crippen LogP contribution is 2.04. The number of carbonyl (C=O) groups is 2. The van der Waals surface area contributed by atoms with Crippen molar-refractivity contribution in [1.29, 1.82) is 0 Å². The average Bonchev–Trinajstić information content (AvgIpc) is 2.69. The van der Waals surface area contributed by atoms with E-state index < -0.39 is 17.9 Å². The van der Waals surface area contributed by atoms with Gasteiger partial charge in [-0.1, -0.05) is 0 Å². The number of hydrogen-bond acceptors (Lipinski definition) is 5. The second-order valence-corrected chi connectivity index (χ2v) is 4.78. The van der Waals surface area contributed by atoms with Crippen molar-refractivity contribution in [1.82, 2.24) is 10.3 Å². The summed E-state index contributed by atoms with van der Waals surface area (Å²) in [5, 5.41) is 11.4. The number of rotatable bonds is 7. The van der Waals surface area contributed by atoms with Crippen molar-refractivity contribution in [2.45, 2.75) is 25.8 Å². The summed E-state index contributed by atoms with van der Waals surface area (Å²) in [5.74, 6) is -0.458. The Bertz CT molecular complexity index is 419. The average molecular weight is 272 g/mol. The maximum Gasteiger partial charge on any atom is 0.326 e. The number of carbonyl (C=O) groups excluding carboxylic acids is 1. The number of carboxylic acid groups (broad SMARTS) is 1. The van der Waals surface area contributed by atoms with Crippen molar-refractivity contribution in [2.24, 2.45) is 0 Å². The molecule has 1 amide bonds. The number of hydrogen-bond donors (Lipinski definition) is 2. The smallest absolute Gasteiger partial charge is 0.326 e. The van der Waals surface area contributed by atoms with E-state index in [1.165, 1.54) is 18.0 Å². The van der Waals surface area contributed by atoms with Crippen molar-refractivity contribution in [3.63, 3.8) is 0 Å². The van der Waals surface area contributed by atoms with Crippen molar-refractivity contribution in [3.8, 4) is 0 Å². The summed E-state index contributed by atoms with van der Waals surface area (Å²) in [6.45, 7) is 1.75. The Morgan fingerprint density at radius 1 is 1.61 bits per heavy atom. The minimum atomic E-state index is -1.03. The Labute approximate surface area is 109 Å². The lowest BCUT2D eigenvalue weighted by Gasteiger charge is -2.13. The summed E-state index contributed by atoms with van der Waals surface area (Å²) < 4.78 is 5.03. The molecule has 0 spiro atoms. The highest BCUT2D eigenvalue weighted by molar-refractivity contribution is 7.98. The number of aliphatic carboxylic acids is 1. The summed E-state index contributed by atoms with van der Waals surface area (Å²) in [6.07, 6.45) is 3.69. The molecule has 0 unspecified atom stereocenters. The molecule has 100 valence electrons. The molecule has 0 bridgehead atoms. The molecule has 0 radical (unpaired) electrons. The first-order valence-electron chi connectivity index (χ1n) is 5.45. The molecule has 7 heteroatoms. The molecule has 0 fully saturated rings. The first kappa shape index (κ1) is 14.6. The Morgan fingerprint density at radius 2 is 2.33 bits per heavy atom. The van der Waals surface area contributed by atoms with Crippen LogP contribution >= 0.6 is 11.8 Å². The Morgan fingerprint density at radius 3 is 2.83 bits per heavy atom. The molecule has 0 aromatic carbocycles. The van der Waals surface area contributed by atoms with Gasteiger partial charge >= 0.3 is 5.97 Å². The van der Waals surface area contributed by atoms with Crippen LogP contribution in [0.1, 0.15) is 18.0 Å². The van der Waals surface area contributed by atoms with Gasteiger partial charge < -0.3 is 14.8 Å². The lowest BCUT2D eigenvalue weighted by Crippen LogP contribution is -2.41. The van der Waals surface area contributed by atoms with E-state index in [9.17, 15) is 9.59 Å². The fourth-order valence-corrected chi connectivity index (χ4v) is 1.83. The second-order valence-electron chi connectivity index (χ2n) is 3.80. The Hall–Kier alpha value is -1.50. The van der Waals surface area contributed by atoms with Gasteiger partial charge in [0.1, 0.15) is 18.7 Å². The molecule has 0 aliphatic heterocycles. The minimum Gasteiger partial charge on any atom is -0.480 e. The van der Waals surface area contributed by atoms with E-state index in [1.807, 2.05) is 6.26 Å². The predicted molar refractivity (Wildman–Crippen MR) is 67.5 cm³/mol. The van der Waals surface area contributed by atoms with Crippen LogP contribution in [-0.2, 0) is 16.0 Å². The van der Waals surface area contributed by atoms with E-state index in [4.69, 9.17) is 9.52 Å². The summed E-state index contributed by atoms with van der Waals surface area (Å²) in [4.78, 5) is 26.5. The van der Waals surface area contributed by atoms with Crippen molar-refractivity contribution >= 4 is 23.6 Å². The third-order valence-electron chi connectivity index (χ3n) is 2.22. The highest BCUT2D eigenvalue weighted by atomic mass is 32.2. The number of thioether (sulfide) groups is 1. The molecule has 0 aliphatic rings. The molecule has 1 rings (SSSR count). The van der Waals surface area contributed by atoms with Gasteiger partial charge in [0.15, 0.2) is 0 Å². The van der Waals surface area contributed by atoms with E-state index in [1.54, 1.807) is 6.92 Å². The largest absolute Gasteiger partial charge is 0.480 e. The van der Waals surface area contributed by atoms with Crippen LogP contribution in [0, 0.1) is 6.92 Å². The molecule has 0 saturated heterocycles. The zero-order chi connectivity index (χ0) is 13.5. The maximum absolute atomic E-state index is 11.6. The van der Waals surface area contributed by atoms with Crippen LogP contribution in [0.5, 0.6) is 0 Å². The number of carboxylic acids is 1. The van der Waals surface area contributed by atoms with Crippen molar-refractivity contribution in [3.05, 3.63) is 17.8 Å². The number of nitrogens with zero attached hydrogens (tertiary/aromatic N) is 1. The van der Waals surface area contributed by atoms with Gasteiger partial charge in [-0.2, -0.15) is 11.8 Å². The zero-order valence-corrected chi connectivity index (χ0v) is 11.1. The number of amides is 1. The SMILES string of the molecule is CSCC[C@H](NC(=O)Cc1nc(C)co1)C(=O)O. The second kappa shape index (κ2) is 7.05. The van der Waals surface area contributed by atoms with Gasteiger partial charge in [-0.25, -0.2) is 9.78 Å². The molecular formula is C11H16N2O4S. The summed E-state index contributed by atoms with van der Waals surface area (Å²) in [6, 6.07) is -0.860. The molecule has 18 heavy (non-hydrogen) atoms. The van der Waals surface area contributed by atoms with Gasteiger partial charge in [-0.15, -0.1) is 0 Å². The number of aryl methyl sites for hydroxylation is 1. The number of oxazole rings is 1. The third kappa shape index (κ3) is 4.79. The molecule has 0 saturated carbocycles. The quantitative estimate of drug-likeness (QED) is 0.764. The van der Waals surface area contributed by atoms with Gasteiger partial charge in [-0.05, 0) is 25.4 Å². The van der Waals surface area contributed by atoms with Crippen LogP contribution in [0.4, 0.5) is 0 Å². The number of aromatic nitrogens is 1. The fraction of sp³-hybridized carbons (Fsp3) is 0.545. The Balaban J connectivity index is 2.48. The van der Waals surface area contributed by atoms with Crippen LogP contribution in [0.25, 0.3) is 0 Å². The lowest BCUT2D eigenvalue weighted by atomic mass is 10.2. The lowest BCUT2D eigenvalue weighted by molar-refractivity contribution is -0.141. The molecule has 6 nitrogen and oxygen atoms in total. The van der Waals surface area contributed by atoms with Crippen molar-refractivity contribution in [2.75, 3.05) is 12.0 Å². The first-order valence-corrected chi connectivity index (χ1v) is 6.84. The van der Waals surface area contributed by atoms with Crippen LogP contribution in [0.2, 0.25) is 0 Å². The molecule has 2 N–H and O–H groups in total. The van der Waals surface area contributed by atoms with Crippen LogP contribution in [-0.4, -0.2) is 40.0 Å². The minimum absolute atomic E-state index is 0.0448. The summed E-state index contributed by atoms with van der Waals surface area (Å²) >= 11 is 1.54. The fourth-order valence-electron chi connectivity index (χ4n) is 1.36. The van der Waals surface area contributed by atoms with Gasteiger partial charge in [-0.3, -0.25) is 4.79 Å². The third-order valence-corrected chi connectivity index (χ3v) is 2.87. The van der Waals surface area contributed by atoms with E-state index >= 15 is 0 Å². The standard InChI is InChI=1S/C11H16N2O4S/c1-7-6-17-10(12-7)5-9(14)13-8(11(15)16)3-4-18-2/h6,8H,3-5H2,1-2H3,(H,13,14)(H,15,16)/t8-/m0/s1. The summed E-state index contributed by atoms with van der Waals surface area (Å²) in [7, 11) is 0. The van der Waals surface area contributed by atoms with Gasteiger partial charge in [0.25, 0.3) is 0 Å². The molecule has 1 aromatic heterocycles. The predicted octanol–water partition coefficient (Wildman–Crippen LogP) is 0.848. The van der Waals surface area contributed by atoms with Gasteiger partial charge in [0, 0.05) is 0 Å². The van der Waals surface area contributed by atoms with E-state index in [-0.39, 0.29) is 6.42 Å². The van der Waals surface area contributed by atoms with E-state index in [2.05, 4.69) is 10.3 Å². The summed E-state index contributed by atoms with van der Waals surface area (Å²) in [5.41, 5.74) is 0.690. The van der Waals surface area contributed by atoms with E-state index in [0.29, 0.717) is 23.8 Å². The van der Waals surface area contributed by atoms with Crippen LogP contribution in [0.3, 0.4) is 0 Å². The molecule has 1 aromatic rings. The molecule has 0 aliphatic carbocycles. The first-order chi connectivity index (χ1) is 8.52. The highest BCUT2D eigenvalue weighted by Gasteiger charge is 2.20. The normalized spacial score (nSPS) is 12.1. The molecule has 1 heterocycles. The zero-order valence-electron chi connectivity index (χ0n) is 10.3. The van der Waals surface area contributed by atoms with Gasteiger partial charge in [0.05, 0.1) is 5.69 Å². The Kier molecular flexibility index (Phi) is 5.70. The molecular weight excluding hydrogens is 256 g/mol. The van der Waals surface area contributed by atoms with Crippen LogP contribution in [0.15, 0.2) is 10.7 Å². The monoisotopic (exact) mass is 272 g/mol. The maximum atomic E-state index is 11.6. The van der Waals surface area contributed by atoms with Crippen LogP contribution < -0.4 is 5.32 Å². The topological polar surface area (TPSA) is 92.4 Å². The van der Waals surface area contributed by atoms with Crippen molar-refractivity contribution < 1.29 is 19.1 Å². The number of nitrogens with one attached hydrogen (secondary N) is 1. The van der Waals surface area contributed by atoms with E-state index in [0.717, 1.165) is 0 Å².